The van der Waals surface area contributed by atoms with Gasteiger partial charge in [-0.25, -0.2) is 9.97 Å². The van der Waals surface area contributed by atoms with Crippen LogP contribution in [-0.2, 0) is 0 Å². The minimum absolute atomic E-state index is 0.194. The molecule has 0 aliphatic rings. The quantitative estimate of drug-likeness (QED) is 0.462. The van der Waals surface area contributed by atoms with Gasteiger partial charge in [0.25, 0.3) is 5.91 Å². The average molecular weight is 487 g/mol. The first-order valence-corrected chi connectivity index (χ1v) is 11.7. The number of nitrogens with one attached hydrogen (secondary N) is 1. The maximum absolute atomic E-state index is 13.0. The summed E-state index contributed by atoms with van der Waals surface area (Å²) in [5.41, 5.74) is 1.86. The molecule has 0 aliphatic carbocycles. The van der Waals surface area contributed by atoms with E-state index in [1.54, 1.807) is 0 Å². The minimum atomic E-state index is -0.194. The van der Waals surface area contributed by atoms with Crippen LogP contribution in [0.4, 0.5) is 0 Å². The molecular weight excluding hydrogens is 460 g/mol. The van der Waals surface area contributed by atoms with E-state index in [2.05, 4.69) is 58.8 Å². The van der Waals surface area contributed by atoms with Crippen LogP contribution in [0, 0.1) is 0 Å². The SMILES string of the molecule is CC(C)N(CCNC(=O)c1nc2ccccc2nc1Sc1ccc(Br)cc1)C(C)C. The first-order chi connectivity index (χ1) is 14.3. The second-order valence-corrected chi connectivity index (χ2v) is 9.58. The number of hydrogen-bond acceptors (Lipinski definition) is 5. The topological polar surface area (TPSA) is 58.1 Å². The number of hydrogen-bond donors (Lipinski definition) is 1. The molecule has 0 spiro atoms. The van der Waals surface area contributed by atoms with E-state index in [1.807, 2.05) is 48.5 Å². The van der Waals surface area contributed by atoms with Crippen molar-refractivity contribution in [1.82, 2.24) is 20.2 Å². The van der Waals surface area contributed by atoms with Crippen LogP contribution in [0.2, 0.25) is 0 Å². The van der Waals surface area contributed by atoms with Crippen molar-refractivity contribution in [2.24, 2.45) is 0 Å². The molecule has 1 aromatic heterocycles. The largest absolute Gasteiger partial charge is 0.349 e. The molecule has 0 saturated heterocycles. The summed E-state index contributed by atoms with van der Waals surface area (Å²) in [6, 6.07) is 16.4. The smallest absolute Gasteiger partial charge is 0.272 e. The van der Waals surface area contributed by atoms with Crippen LogP contribution in [0.1, 0.15) is 38.2 Å². The number of carbonyl (C=O) groups is 1. The van der Waals surface area contributed by atoms with Crippen LogP contribution in [0.25, 0.3) is 11.0 Å². The molecule has 0 fully saturated rings. The molecule has 30 heavy (non-hydrogen) atoms. The third-order valence-corrected chi connectivity index (χ3v) is 6.28. The summed E-state index contributed by atoms with van der Waals surface area (Å²) in [5.74, 6) is -0.194. The van der Waals surface area contributed by atoms with E-state index in [-0.39, 0.29) is 5.91 Å². The summed E-state index contributed by atoms with van der Waals surface area (Å²) in [4.78, 5) is 25.7. The van der Waals surface area contributed by atoms with E-state index in [4.69, 9.17) is 4.98 Å². The van der Waals surface area contributed by atoms with E-state index in [0.29, 0.717) is 34.9 Å². The van der Waals surface area contributed by atoms with Gasteiger partial charge < -0.3 is 5.32 Å². The van der Waals surface area contributed by atoms with E-state index in [1.165, 1.54) is 11.8 Å². The molecule has 3 rings (SSSR count). The van der Waals surface area contributed by atoms with Gasteiger partial charge in [0.1, 0.15) is 5.03 Å². The molecule has 3 aromatic rings. The molecule has 5 nitrogen and oxygen atoms in total. The first kappa shape index (κ1) is 22.7. The Labute approximate surface area is 190 Å². The summed E-state index contributed by atoms with van der Waals surface area (Å²) in [6.45, 7) is 10.0. The number of halogens is 1. The van der Waals surface area contributed by atoms with E-state index < -0.39 is 0 Å². The normalized spacial score (nSPS) is 11.6. The minimum Gasteiger partial charge on any atom is -0.349 e. The fourth-order valence-corrected chi connectivity index (χ4v) is 4.45. The van der Waals surface area contributed by atoms with E-state index in [9.17, 15) is 4.79 Å². The number of carbonyl (C=O) groups excluding carboxylic acids is 1. The van der Waals surface area contributed by atoms with Crippen molar-refractivity contribution in [3.63, 3.8) is 0 Å². The van der Waals surface area contributed by atoms with Crippen LogP contribution >= 0.6 is 27.7 Å². The maximum atomic E-state index is 13.0. The Morgan fingerprint density at radius 1 is 1.00 bits per heavy atom. The highest BCUT2D eigenvalue weighted by atomic mass is 79.9. The van der Waals surface area contributed by atoms with E-state index >= 15 is 0 Å². The van der Waals surface area contributed by atoms with Crippen LogP contribution in [0.15, 0.2) is 62.9 Å². The number of nitrogens with zero attached hydrogens (tertiary/aromatic N) is 3. The molecule has 0 atom stereocenters. The van der Waals surface area contributed by atoms with Crippen molar-refractivity contribution >= 4 is 44.6 Å². The number of benzene rings is 2. The Hall–Kier alpha value is -1.96. The Kier molecular flexibility index (Phi) is 7.86. The van der Waals surface area contributed by atoms with Gasteiger partial charge in [-0.3, -0.25) is 9.69 Å². The maximum Gasteiger partial charge on any atom is 0.272 e. The Morgan fingerprint density at radius 2 is 1.60 bits per heavy atom. The molecule has 1 heterocycles. The van der Waals surface area contributed by atoms with Gasteiger partial charge in [0.2, 0.25) is 0 Å². The summed E-state index contributed by atoms with van der Waals surface area (Å²) < 4.78 is 1.01. The lowest BCUT2D eigenvalue weighted by Crippen LogP contribution is -2.42. The van der Waals surface area contributed by atoms with Crippen molar-refractivity contribution in [2.45, 2.75) is 49.7 Å². The second kappa shape index (κ2) is 10.4. The molecule has 2 aromatic carbocycles. The molecule has 0 aliphatic heterocycles. The number of para-hydroxylation sites is 2. The predicted octanol–water partition coefficient (Wildman–Crippen LogP) is 5.39. The van der Waals surface area contributed by atoms with Crippen molar-refractivity contribution in [2.75, 3.05) is 13.1 Å². The third-order valence-electron chi connectivity index (χ3n) is 4.76. The predicted molar refractivity (Wildman–Crippen MR) is 127 cm³/mol. The highest BCUT2D eigenvalue weighted by Gasteiger charge is 2.19. The van der Waals surface area contributed by atoms with Crippen molar-refractivity contribution in [1.29, 1.82) is 0 Å². The average Bonchev–Trinajstić information content (AvgIpc) is 2.71. The fourth-order valence-electron chi connectivity index (χ4n) is 3.31. The highest BCUT2D eigenvalue weighted by molar-refractivity contribution is 9.10. The van der Waals surface area contributed by atoms with Gasteiger partial charge in [-0.05, 0) is 64.1 Å². The first-order valence-electron chi connectivity index (χ1n) is 10.1. The van der Waals surface area contributed by atoms with Crippen LogP contribution < -0.4 is 5.32 Å². The lowest BCUT2D eigenvalue weighted by Gasteiger charge is -2.30. The zero-order valence-electron chi connectivity index (χ0n) is 17.7. The number of fused-ring (bicyclic) bond motifs is 1. The summed E-state index contributed by atoms with van der Waals surface area (Å²) in [6.07, 6.45) is 0. The molecule has 1 amide bonds. The number of aromatic nitrogens is 2. The molecule has 0 bridgehead atoms. The monoisotopic (exact) mass is 486 g/mol. The van der Waals surface area contributed by atoms with Crippen LogP contribution in [0.5, 0.6) is 0 Å². The highest BCUT2D eigenvalue weighted by Crippen LogP contribution is 2.30. The van der Waals surface area contributed by atoms with E-state index in [0.717, 1.165) is 21.4 Å². The van der Waals surface area contributed by atoms with Gasteiger partial charge >= 0.3 is 0 Å². The van der Waals surface area contributed by atoms with Gasteiger partial charge in [-0.2, -0.15) is 0 Å². The summed E-state index contributed by atoms with van der Waals surface area (Å²) in [7, 11) is 0. The fraction of sp³-hybridized carbons (Fsp3) is 0.348. The molecule has 1 N–H and O–H groups in total. The number of amides is 1. The Morgan fingerprint density at radius 3 is 2.20 bits per heavy atom. The number of rotatable bonds is 8. The Balaban J connectivity index is 1.83. The molecule has 0 unspecified atom stereocenters. The summed E-state index contributed by atoms with van der Waals surface area (Å²) in [5, 5.41) is 3.64. The van der Waals surface area contributed by atoms with Crippen molar-refractivity contribution < 1.29 is 4.79 Å². The lowest BCUT2D eigenvalue weighted by molar-refractivity contribution is 0.0931. The zero-order valence-corrected chi connectivity index (χ0v) is 20.1. The Bertz CT molecular complexity index is 1000. The van der Waals surface area contributed by atoms with Gasteiger partial charge in [0.05, 0.1) is 11.0 Å². The van der Waals surface area contributed by atoms with Crippen molar-refractivity contribution in [3.05, 3.63) is 58.7 Å². The van der Waals surface area contributed by atoms with Crippen molar-refractivity contribution in [3.8, 4) is 0 Å². The van der Waals surface area contributed by atoms with Gasteiger partial charge in [0, 0.05) is 34.5 Å². The molecular formula is C23H27BrN4OS. The third kappa shape index (κ3) is 5.80. The molecule has 0 saturated carbocycles. The molecule has 0 radical (unpaired) electrons. The summed E-state index contributed by atoms with van der Waals surface area (Å²) >= 11 is 4.91. The molecule has 158 valence electrons. The van der Waals surface area contributed by atoms with Gasteiger partial charge in [-0.15, -0.1) is 0 Å². The van der Waals surface area contributed by atoms with Crippen LogP contribution in [0.3, 0.4) is 0 Å². The van der Waals surface area contributed by atoms with Gasteiger partial charge in [0.15, 0.2) is 5.69 Å². The second-order valence-electron chi connectivity index (χ2n) is 7.60. The zero-order chi connectivity index (χ0) is 21.7. The lowest BCUT2D eigenvalue weighted by atomic mass is 10.2. The van der Waals surface area contributed by atoms with Crippen LogP contribution in [-0.4, -0.2) is 45.9 Å². The molecule has 7 heteroatoms. The standard InChI is InChI=1S/C23H27BrN4OS/c1-15(2)28(16(3)4)14-13-25-22(29)21-23(30-18-11-9-17(24)10-12-18)27-20-8-6-5-7-19(20)26-21/h5-12,15-16H,13-14H2,1-4H3,(H,25,29). The van der Waals surface area contributed by atoms with Gasteiger partial charge in [-0.1, -0.05) is 39.8 Å².